The van der Waals surface area contributed by atoms with Gasteiger partial charge in [-0.05, 0) is 12.0 Å². The minimum atomic E-state index is -0.631. The highest BCUT2D eigenvalue weighted by atomic mass is 35.5. The van der Waals surface area contributed by atoms with Gasteiger partial charge >= 0.3 is 0 Å². The monoisotopic (exact) mass is 351 g/mol. The van der Waals surface area contributed by atoms with Crippen molar-refractivity contribution in [2.75, 3.05) is 24.5 Å². The lowest BCUT2D eigenvalue weighted by molar-refractivity contribution is 0.367. The van der Waals surface area contributed by atoms with E-state index in [0.717, 1.165) is 6.54 Å². The smallest absolute Gasteiger partial charge is 0.272 e. The van der Waals surface area contributed by atoms with Crippen molar-refractivity contribution in [3.8, 4) is 11.4 Å². The molecule has 0 saturated carbocycles. The number of anilines is 1. The molecule has 8 heteroatoms. The van der Waals surface area contributed by atoms with Crippen LogP contribution in [-0.4, -0.2) is 40.6 Å². The fraction of sp³-hybridized carbons (Fsp3) is 0.438. The van der Waals surface area contributed by atoms with E-state index in [-0.39, 0.29) is 16.9 Å². The summed E-state index contributed by atoms with van der Waals surface area (Å²) in [6.45, 7) is 6.47. The van der Waals surface area contributed by atoms with Gasteiger partial charge in [0.25, 0.3) is 5.56 Å². The molecule has 2 aromatic rings. The molecule has 24 heavy (non-hydrogen) atoms. The Morgan fingerprint density at radius 3 is 2.96 bits per heavy atom. The number of aromatic nitrogens is 3. The standard InChI is InChI=1S/C16H19ClFN5O/c1-9(2)11-8-23(6-5-19-11)15-13(17)16(24)22-14(21-15)10-3-4-20-12(18)7-10/h3-4,7,9,11,19H,5-6,8H2,1-2H3,(H,21,22,24)/t11-/m1/s1. The predicted octanol–water partition coefficient (Wildman–Crippen LogP) is 2.06. The Kier molecular flexibility index (Phi) is 4.82. The molecule has 0 aromatic carbocycles. The predicted molar refractivity (Wildman–Crippen MR) is 91.9 cm³/mol. The molecule has 0 spiro atoms. The van der Waals surface area contributed by atoms with E-state index < -0.39 is 11.5 Å². The van der Waals surface area contributed by atoms with Gasteiger partial charge < -0.3 is 15.2 Å². The molecule has 0 radical (unpaired) electrons. The van der Waals surface area contributed by atoms with Crippen LogP contribution in [0.25, 0.3) is 11.4 Å². The minimum absolute atomic E-state index is 0.0534. The van der Waals surface area contributed by atoms with Gasteiger partial charge in [-0.15, -0.1) is 0 Å². The second-order valence-electron chi connectivity index (χ2n) is 6.17. The van der Waals surface area contributed by atoms with Crippen LogP contribution in [-0.2, 0) is 0 Å². The van der Waals surface area contributed by atoms with Crippen molar-refractivity contribution >= 4 is 17.4 Å². The zero-order chi connectivity index (χ0) is 17.3. The highest BCUT2D eigenvalue weighted by Crippen LogP contribution is 2.25. The van der Waals surface area contributed by atoms with E-state index in [1.54, 1.807) is 6.07 Å². The van der Waals surface area contributed by atoms with E-state index in [1.165, 1.54) is 12.3 Å². The van der Waals surface area contributed by atoms with Crippen LogP contribution in [0.2, 0.25) is 5.02 Å². The Morgan fingerprint density at radius 2 is 2.25 bits per heavy atom. The van der Waals surface area contributed by atoms with E-state index in [1.807, 2.05) is 4.90 Å². The Balaban J connectivity index is 2.00. The summed E-state index contributed by atoms with van der Waals surface area (Å²) in [5, 5.41) is 3.50. The number of rotatable bonds is 3. The Morgan fingerprint density at radius 1 is 1.46 bits per heavy atom. The summed E-state index contributed by atoms with van der Waals surface area (Å²) in [5.74, 6) is 0.524. The largest absolute Gasteiger partial charge is 0.352 e. The van der Waals surface area contributed by atoms with Crippen LogP contribution in [0.15, 0.2) is 23.1 Å². The first-order valence-electron chi connectivity index (χ1n) is 7.86. The van der Waals surface area contributed by atoms with Crippen molar-refractivity contribution in [2.24, 2.45) is 5.92 Å². The Bertz CT molecular complexity index is 794. The fourth-order valence-corrected chi connectivity index (χ4v) is 2.97. The SMILES string of the molecule is CC(C)[C@H]1CN(c2nc(-c3ccnc(F)c3)[nH]c(=O)c2Cl)CCN1. The molecule has 3 heterocycles. The molecule has 1 aliphatic heterocycles. The van der Waals surface area contributed by atoms with Gasteiger partial charge in [0, 0.05) is 43.5 Å². The van der Waals surface area contributed by atoms with E-state index in [9.17, 15) is 9.18 Å². The number of hydrogen-bond donors (Lipinski definition) is 2. The summed E-state index contributed by atoms with van der Waals surface area (Å²) in [4.78, 5) is 24.8. The van der Waals surface area contributed by atoms with Crippen LogP contribution in [0, 0.1) is 11.9 Å². The van der Waals surface area contributed by atoms with Crippen LogP contribution in [0.5, 0.6) is 0 Å². The Labute approximate surface area is 144 Å². The first-order chi connectivity index (χ1) is 11.5. The van der Waals surface area contributed by atoms with Gasteiger partial charge in [-0.25, -0.2) is 9.97 Å². The van der Waals surface area contributed by atoms with E-state index >= 15 is 0 Å². The van der Waals surface area contributed by atoms with Crippen molar-refractivity contribution in [1.29, 1.82) is 0 Å². The van der Waals surface area contributed by atoms with Crippen LogP contribution in [0.1, 0.15) is 13.8 Å². The molecule has 1 fully saturated rings. The molecule has 0 unspecified atom stereocenters. The number of halogens is 2. The van der Waals surface area contributed by atoms with Crippen LogP contribution >= 0.6 is 11.6 Å². The number of nitrogens with zero attached hydrogens (tertiary/aromatic N) is 3. The van der Waals surface area contributed by atoms with E-state index in [0.29, 0.717) is 30.4 Å². The molecule has 1 aliphatic rings. The second kappa shape index (κ2) is 6.86. The maximum Gasteiger partial charge on any atom is 0.272 e. The fourth-order valence-electron chi connectivity index (χ4n) is 2.76. The van der Waals surface area contributed by atoms with Crippen molar-refractivity contribution in [3.05, 3.63) is 39.7 Å². The molecule has 128 valence electrons. The number of H-pyrrole nitrogens is 1. The maximum atomic E-state index is 13.4. The highest BCUT2D eigenvalue weighted by Gasteiger charge is 2.25. The third-order valence-electron chi connectivity index (χ3n) is 4.15. The highest BCUT2D eigenvalue weighted by molar-refractivity contribution is 6.32. The number of nitrogens with one attached hydrogen (secondary N) is 2. The van der Waals surface area contributed by atoms with Gasteiger partial charge in [0.05, 0.1) is 0 Å². The molecule has 0 bridgehead atoms. The van der Waals surface area contributed by atoms with Gasteiger partial charge in [-0.2, -0.15) is 4.39 Å². The average Bonchev–Trinajstić information content (AvgIpc) is 2.57. The summed E-state index contributed by atoms with van der Waals surface area (Å²) >= 11 is 6.19. The summed E-state index contributed by atoms with van der Waals surface area (Å²) < 4.78 is 13.4. The third kappa shape index (κ3) is 3.42. The summed E-state index contributed by atoms with van der Waals surface area (Å²) in [6.07, 6.45) is 1.33. The Hall–Kier alpha value is -1.99. The average molecular weight is 352 g/mol. The maximum absolute atomic E-state index is 13.4. The molecule has 0 amide bonds. The van der Waals surface area contributed by atoms with E-state index in [4.69, 9.17) is 11.6 Å². The normalized spacial score (nSPS) is 18.2. The third-order valence-corrected chi connectivity index (χ3v) is 4.50. The number of pyridine rings is 1. The zero-order valence-electron chi connectivity index (χ0n) is 13.5. The summed E-state index contributed by atoms with van der Waals surface area (Å²) in [6, 6.07) is 3.11. The van der Waals surface area contributed by atoms with Gasteiger partial charge in [-0.3, -0.25) is 4.79 Å². The minimum Gasteiger partial charge on any atom is -0.352 e. The zero-order valence-corrected chi connectivity index (χ0v) is 14.3. The molecule has 2 aromatic heterocycles. The molecule has 1 atom stereocenters. The quantitative estimate of drug-likeness (QED) is 0.828. The van der Waals surface area contributed by atoms with Crippen molar-refractivity contribution in [2.45, 2.75) is 19.9 Å². The molecule has 0 aliphatic carbocycles. The van der Waals surface area contributed by atoms with Crippen LogP contribution in [0.4, 0.5) is 10.2 Å². The second-order valence-corrected chi connectivity index (χ2v) is 6.55. The topological polar surface area (TPSA) is 73.9 Å². The van der Waals surface area contributed by atoms with Gasteiger partial charge in [0.15, 0.2) is 5.82 Å². The number of piperazine rings is 1. The molecule has 1 saturated heterocycles. The van der Waals surface area contributed by atoms with Gasteiger partial charge in [-0.1, -0.05) is 25.4 Å². The molecular weight excluding hydrogens is 333 g/mol. The van der Waals surface area contributed by atoms with Crippen LogP contribution in [0.3, 0.4) is 0 Å². The van der Waals surface area contributed by atoms with Crippen molar-refractivity contribution in [3.63, 3.8) is 0 Å². The number of aromatic amines is 1. The van der Waals surface area contributed by atoms with Crippen molar-refractivity contribution in [1.82, 2.24) is 20.3 Å². The summed E-state index contributed by atoms with van der Waals surface area (Å²) in [7, 11) is 0. The van der Waals surface area contributed by atoms with Gasteiger partial charge in [0.2, 0.25) is 5.95 Å². The lowest BCUT2D eigenvalue weighted by Gasteiger charge is -2.36. The van der Waals surface area contributed by atoms with Crippen molar-refractivity contribution < 1.29 is 4.39 Å². The lowest BCUT2D eigenvalue weighted by Crippen LogP contribution is -2.53. The first-order valence-corrected chi connectivity index (χ1v) is 8.23. The van der Waals surface area contributed by atoms with Crippen LogP contribution < -0.4 is 15.8 Å². The molecule has 3 rings (SSSR count). The summed E-state index contributed by atoms with van der Waals surface area (Å²) in [5.41, 5.74) is 0.0153. The molecular formula is C16H19ClFN5O. The molecule has 2 N–H and O–H groups in total. The van der Waals surface area contributed by atoms with E-state index in [2.05, 4.69) is 34.1 Å². The first kappa shape index (κ1) is 16.9. The molecule has 6 nitrogen and oxygen atoms in total. The van der Waals surface area contributed by atoms with Gasteiger partial charge in [0.1, 0.15) is 10.8 Å². The number of hydrogen-bond acceptors (Lipinski definition) is 5. The lowest BCUT2D eigenvalue weighted by atomic mass is 10.0.